The quantitative estimate of drug-likeness (QED) is 0.209. The molecule has 1 saturated carbocycles. The largest absolute Gasteiger partial charge is 0.397 e. The molecule has 1 aliphatic heterocycles. The maximum absolute atomic E-state index is 12.4. The van der Waals surface area contributed by atoms with Gasteiger partial charge in [-0.3, -0.25) is 9.59 Å². The Hall–Kier alpha value is -1.85. The second-order valence-electron chi connectivity index (χ2n) is 11.4. The average Bonchev–Trinajstić information content (AvgIpc) is 3.34. The van der Waals surface area contributed by atoms with Crippen LogP contribution in [0.2, 0.25) is 5.02 Å². The van der Waals surface area contributed by atoms with Crippen LogP contribution in [0.15, 0.2) is 23.6 Å². The molecule has 2 heterocycles. The molecule has 202 valence electrons. The van der Waals surface area contributed by atoms with Crippen molar-refractivity contribution in [1.82, 2.24) is 0 Å². The van der Waals surface area contributed by atoms with Gasteiger partial charge in [0, 0.05) is 11.8 Å². The van der Waals surface area contributed by atoms with Gasteiger partial charge in [0.2, 0.25) is 5.91 Å². The minimum absolute atomic E-state index is 0.0577. The van der Waals surface area contributed by atoms with Crippen molar-refractivity contribution in [2.45, 2.75) is 97.3 Å². The highest BCUT2D eigenvalue weighted by Crippen LogP contribution is 2.37. The third-order valence-electron chi connectivity index (χ3n) is 8.84. The summed E-state index contributed by atoms with van der Waals surface area (Å²) in [5, 5.41) is 6.83. The number of anilines is 2. The number of aryl methyl sites for hydroxylation is 1. The molecule has 1 aromatic carbocycles. The van der Waals surface area contributed by atoms with E-state index in [4.69, 9.17) is 17.3 Å². The number of nitrogen functional groups attached to an aromatic ring is 1. The zero-order valence-electron chi connectivity index (χ0n) is 22.5. The van der Waals surface area contributed by atoms with Crippen LogP contribution in [0.25, 0.3) is 0 Å². The molecular weight excluding hydrogens is 500 g/mol. The molecule has 2 aromatic rings. The molecule has 1 fully saturated rings. The van der Waals surface area contributed by atoms with Gasteiger partial charge in [-0.25, -0.2) is 0 Å². The number of carbonyl (C=O) groups excluding carboxylic acids is 2. The summed E-state index contributed by atoms with van der Waals surface area (Å²) in [5.74, 6) is 2.29. The summed E-state index contributed by atoms with van der Waals surface area (Å²) in [6.45, 7) is 3.80. The zero-order valence-corrected chi connectivity index (χ0v) is 24.1. The molecule has 0 saturated heterocycles. The van der Waals surface area contributed by atoms with Gasteiger partial charge in [0.05, 0.1) is 15.7 Å². The Morgan fingerprint density at radius 3 is 2.57 bits per heavy atom. The molecule has 0 spiro atoms. The Labute approximate surface area is 231 Å². The topological polar surface area (TPSA) is 72.2 Å². The van der Waals surface area contributed by atoms with Gasteiger partial charge in [0.1, 0.15) is 5.78 Å². The van der Waals surface area contributed by atoms with Gasteiger partial charge < -0.3 is 11.1 Å². The van der Waals surface area contributed by atoms with E-state index in [-0.39, 0.29) is 23.5 Å². The lowest BCUT2D eigenvalue weighted by Gasteiger charge is -2.30. The van der Waals surface area contributed by atoms with Crippen LogP contribution in [0.5, 0.6) is 0 Å². The van der Waals surface area contributed by atoms with E-state index in [0.717, 1.165) is 66.5 Å². The van der Waals surface area contributed by atoms with Gasteiger partial charge >= 0.3 is 0 Å². The molecule has 1 amide bonds. The standard InChI is InChI=1S/C31H43ClN2O2S/c1-3-24-16-23(18-28(32)29(24)33)17-25(20(2)35)7-5-4-6-21-8-10-22(11-9-21)12-13-26-19-27-14-15-37-31(27)34-30(26)36/h14-16,18,21-22,25-26H,3-13,17,19,33H2,1-2H3,(H,34,36)/t21?,22?,25-,26?/m1/s1. The van der Waals surface area contributed by atoms with Crippen LogP contribution in [0, 0.1) is 23.7 Å². The van der Waals surface area contributed by atoms with E-state index >= 15 is 0 Å². The average molecular weight is 543 g/mol. The monoisotopic (exact) mass is 542 g/mol. The molecule has 0 radical (unpaired) electrons. The summed E-state index contributed by atoms with van der Waals surface area (Å²) in [6.07, 6.45) is 14.5. The molecule has 0 bridgehead atoms. The van der Waals surface area contributed by atoms with Gasteiger partial charge in [0.15, 0.2) is 0 Å². The summed E-state index contributed by atoms with van der Waals surface area (Å²) in [4.78, 5) is 24.8. The molecule has 2 aliphatic rings. The molecular formula is C31H43ClN2O2S. The number of unbranched alkanes of at least 4 members (excludes halogenated alkanes) is 1. The van der Waals surface area contributed by atoms with E-state index in [9.17, 15) is 9.59 Å². The van der Waals surface area contributed by atoms with Gasteiger partial charge in [-0.1, -0.05) is 69.5 Å². The van der Waals surface area contributed by atoms with Gasteiger partial charge in [-0.05, 0) is 91.5 Å². The number of halogens is 1. The second-order valence-corrected chi connectivity index (χ2v) is 12.8. The molecule has 3 N–H and O–H groups in total. The summed E-state index contributed by atoms with van der Waals surface area (Å²) in [6, 6.07) is 6.21. The molecule has 6 heteroatoms. The molecule has 4 nitrogen and oxygen atoms in total. The number of nitrogens with one attached hydrogen (secondary N) is 1. The summed E-state index contributed by atoms with van der Waals surface area (Å²) in [5.41, 5.74) is 10.3. The first-order valence-electron chi connectivity index (χ1n) is 14.3. The van der Waals surface area contributed by atoms with Crippen LogP contribution in [0.4, 0.5) is 10.7 Å². The molecule has 1 unspecified atom stereocenters. The lowest BCUT2D eigenvalue weighted by molar-refractivity contribution is -0.121. The lowest BCUT2D eigenvalue weighted by Crippen LogP contribution is -2.29. The van der Waals surface area contributed by atoms with Crippen molar-refractivity contribution in [1.29, 1.82) is 0 Å². The van der Waals surface area contributed by atoms with Crippen molar-refractivity contribution in [3.63, 3.8) is 0 Å². The number of rotatable bonds is 12. The first-order chi connectivity index (χ1) is 17.8. The number of hydrogen-bond acceptors (Lipinski definition) is 4. The van der Waals surface area contributed by atoms with E-state index in [1.165, 1.54) is 50.5 Å². The van der Waals surface area contributed by atoms with E-state index in [1.54, 1.807) is 18.3 Å². The highest BCUT2D eigenvalue weighted by Gasteiger charge is 2.28. The fraction of sp³-hybridized carbons (Fsp3) is 0.613. The molecule has 37 heavy (non-hydrogen) atoms. The Balaban J connectivity index is 1.14. The molecule has 4 rings (SSSR count). The van der Waals surface area contributed by atoms with Crippen molar-refractivity contribution in [2.24, 2.45) is 23.7 Å². The first-order valence-corrected chi connectivity index (χ1v) is 15.5. The van der Waals surface area contributed by atoms with Crippen molar-refractivity contribution >= 4 is 45.3 Å². The Morgan fingerprint density at radius 2 is 1.86 bits per heavy atom. The highest BCUT2D eigenvalue weighted by atomic mass is 35.5. The van der Waals surface area contributed by atoms with E-state index in [0.29, 0.717) is 10.7 Å². The van der Waals surface area contributed by atoms with E-state index in [2.05, 4.69) is 29.8 Å². The Morgan fingerprint density at radius 1 is 1.14 bits per heavy atom. The fourth-order valence-corrected chi connectivity index (χ4v) is 7.45. The maximum Gasteiger partial charge on any atom is 0.228 e. The van der Waals surface area contributed by atoms with Crippen LogP contribution >= 0.6 is 22.9 Å². The van der Waals surface area contributed by atoms with Crippen LogP contribution in [-0.2, 0) is 28.9 Å². The lowest BCUT2D eigenvalue weighted by atomic mass is 9.76. The predicted octanol–water partition coefficient (Wildman–Crippen LogP) is 8.25. The Bertz CT molecular complexity index is 1070. The third-order valence-corrected chi connectivity index (χ3v) is 10.0. The number of ketones is 1. The fourth-order valence-electron chi connectivity index (χ4n) is 6.36. The highest BCUT2D eigenvalue weighted by molar-refractivity contribution is 7.14. The van der Waals surface area contributed by atoms with Crippen molar-refractivity contribution < 1.29 is 9.59 Å². The van der Waals surface area contributed by atoms with E-state index in [1.807, 2.05) is 6.07 Å². The number of hydrogen-bond donors (Lipinski definition) is 2. The number of Topliss-reactive ketones (excluding diaryl/α,β-unsaturated/α-hetero) is 1. The molecule has 1 aromatic heterocycles. The number of carbonyl (C=O) groups is 2. The zero-order chi connectivity index (χ0) is 26.4. The SMILES string of the molecule is CCc1cc(C[C@@H](CCCCC2CCC(CCC3Cc4ccsc4NC3=O)CC2)C(C)=O)cc(Cl)c1N. The number of fused-ring (bicyclic) bond motifs is 1. The van der Waals surface area contributed by atoms with Crippen molar-refractivity contribution in [3.8, 4) is 0 Å². The normalized spacial score (nSPS) is 22.4. The van der Waals surface area contributed by atoms with Gasteiger partial charge in [-0.15, -0.1) is 11.3 Å². The van der Waals surface area contributed by atoms with Crippen LogP contribution in [-0.4, -0.2) is 11.7 Å². The number of amides is 1. The third kappa shape index (κ3) is 7.60. The minimum Gasteiger partial charge on any atom is -0.397 e. The second kappa shape index (κ2) is 13.3. The number of nitrogens with two attached hydrogens (primary N) is 1. The summed E-state index contributed by atoms with van der Waals surface area (Å²) >= 11 is 7.97. The van der Waals surface area contributed by atoms with Gasteiger partial charge in [-0.2, -0.15) is 0 Å². The minimum atomic E-state index is 0.0577. The summed E-state index contributed by atoms with van der Waals surface area (Å²) in [7, 11) is 0. The Kier molecular flexibility index (Phi) is 10.1. The van der Waals surface area contributed by atoms with Gasteiger partial charge in [0.25, 0.3) is 0 Å². The smallest absolute Gasteiger partial charge is 0.228 e. The first kappa shape index (κ1) is 28.2. The summed E-state index contributed by atoms with van der Waals surface area (Å²) < 4.78 is 0. The predicted molar refractivity (Wildman–Crippen MR) is 156 cm³/mol. The van der Waals surface area contributed by atoms with Crippen LogP contribution < -0.4 is 11.1 Å². The molecule has 1 aliphatic carbocycles. The van der Waals surface area contributed by atoms with Crippen LogP contribution in [0.1, 0.15) is 94.7 Å². The number of thiophene rings is 1. The van der Waals surface area contributed by atoms with Crippen molar-refractivity contribution in [3.05, 3.63) is 45.3 Å². The number of benzene rings is 1. The van der Waals surface area contributed by atoms with Crippen LogP contribution in [0.3, 0.4) is 0 Å². The maximum atomic E-state index is 12.4. The van der Waals surface area contributed by atoms with E-state index < -0.39 is 0 Å². The van der Waals surface area contributed by atoms with Crippen molar-refractivity contribution in [2.75, 3.05) is 11.1 Å². The molecule has 2 atom stereocenters.